The third kappa shape index (κ3) is 3.46. The van der Waals surface area contributed by atoms with Gasteiger partial charge in [0.05, 0.1) is 11.8 Å². The lowest BCUT2D eigenvalue weighted by Crippen LogP contribution is -2.02. The molecule has 0 spiro atoms. The minimum atomic E-state index is 0.770. The van der Waals surface area contributed by atoms with Crippen molar-refractivity contribution >= 4 is 23.4 Å². The standard InChI is InChI=1S/C17H18ClN3OS/c1-3-9-21-16(14-8-10-22-12(14)2)19-20-17(21)23-11-13-6-4-5-7-15(13)18/h4-8,10H,3,9,11H2,1-2H3. The van der Waals surface area contributed by atoms with Gasteiger partial charge in [0.1, 0.15) is 5.76 Å². The van der Waals surface area contributed by atoms with E-state index in [-0.39, 0.29) is 0 Å². The number of halogens is 1. The molecule has 6 heteroatoms. The Balaban J connectivity index is 1.87. The van der Waals surface area contributed by atoms with Crippen LogP contribution in [0.2, 0.25) is 5.02 Å². The molecule has 0 aliphatic carbocycles. The molecule has 4 nitrogen and oxygen atoms in total. The predicted octanol–water partition coefficient (Wildman–Crippen LogP) is 5.20. The first-order chi connectivity index (χ1) is 11.2. The predicted molar refractivity (Wildman–Crippen MR) is 93.8 cm³/mol. The van der Waals surface area contributed by atoms with Gasteiger partial charge in [-0.15, -0.1) is 10.2 Å². The number of nitrogens with zero attached hydrogens (tertiary/aromatic N) is 3. The lowest BCUT2D eigenvalue weighted by Gasteiger charge is -2.09. The Hall–Kier alpha value is -1.72. The molecule has 0 radical (unpaired) electrons. The average molecular weight is 348 g/mol. The topological polar surface area (TPSA) is 43.9 Å². The average Bonchev–Trinajstić information content (AvgIpc) is 3.13. The summed E-state index contributed by atoms with van der Waals surface area (Å²) in [7, 11) is 0. The van der Waals surface area contributed by atoms with Crippen LogP contribution in [0.4, 0.5) is 0 Å². The van der Waals surface area contributed by atoms with Gasteiger partial charge in [-0.25, -0.2) is 0 Å². The molecule has 0 N–H and O–H groups in total. The summed E-state index contributed by atoms with van der Waals surface area (Å²) in [6.07, 6.45) is 2.70. The lowest BCUT2D eigenvalue weighted by molar-refractivity contribution is 0.534. The van der Waals surface area contributed by atoms with Gasteiger partial charge in [0.2, 0.25) is 0 Å². The summed E-state index contributed by atoms with van der Waals surface area (Å²) >= 11 is 7.88. The van der Waals surface area contributed by atoms with Crippen molar-refractivity contribution in [2.75, 3.05) is 0 Å². The Labute approximate surface area is 144 Å². The lowest BCUT2D eigenvalue weighted by atomic mass is 10.2. The number of furan rings is 1. The molecule has 0 saturated carbocycles. The molecule has 0 fully saturated rings. The van der Waals surface area contributed by atoms with Crippen LogP contribution in [0.15, 0.2) is 46.2 Å². The van der Waals surface area contributed by atoms with Gasteiger partial charge >= 0.3 is 0 Å². The number of rotatable bonds is 6. The zero-order valence-corrected chi connectivity index (χ0v) is 14.7. The van der Waals surface area contributed by atoms with Crippen molar-refractivity contribution in [2.24, 2.45) is 0 Å². The van der Waals surface area contributed by atoms with Crippen molar-refractivity contribution in [2.45, 2.75) is 37.7 Å². The largest absolute Gasteiger partial charge is 0.469 e. The van der Waals surface area contributed by atoms with E-state index in [1.165, 1.54) is 0 Å². The molecular formula is C17H18ClN3OS. The van der Waals surface area contributed by atoms with Gasteiger partial charge in [-0.2, -0.15) is 0 Å². The number of aromatic nitrogens is 3. The molecule has 0 aliphatic heterocycles. The third-order valence-electron chi connectivity index (χ3n) is 3.58. The van der Waals surface area contributed by atoms with E-state index in [1.807, 2.05) is 37.3 Å². The van der Waals surface area contributed by atoms with Gasteiger partial charge in [0, 0.05) is 17.3 Å². The van der Waals surface area contributed by atoms with E-state index in [0.29, 0.717) is 0 Å². The van der Waals surface area contributed by atoms with Gasteiger partial charge in [0.25, 0.3) is 0 Å². The highest BCUT2D eigenvalue weighted by Gasteiger charge is 2.17. The van der Waals surface area contributed by atoms with Crippen LogP contribution in [0, 0.1) is 6.92 Å². The van der Waals surface area contributed by atoms with E-state index in [4.69, 9.17) is 16.0 Å². The maximum Gasteiger partial charge on any atom is 0.191 e. The molecule has 23 heavy (non-hydrogen) atoms. The van der Waals surface area contributed by atoms with E-state index in [0.717, 1.165) is 51.6 Å². The summed E-state index contributed by atoms with van der Waals surface area (Å²) in [6.45, 7) is 4.96. The molecule has 3 rings (SSSR count). The zero-order chi connectivity index (χ0) is 16.2. The Morgan fingerprint density at radius 3 is 2.74 bits per heavy atom. The van der Waals surface area contributed by atoms with Crippen molar-refractivity contribution in [1.82, 2.24) is 14.8 Å². The second kappa shape index (κ2) is 7.23. The molecule has 3 aromatic rings. The Morgan fingerprint density at radius 2 is 2.04 bits per heavy atom. The summed E-state index contributed by atoms with van der Waals surface area (Å²) in [6, 6.07) is 9.83. The van der Waals surface area contributed by atoms with Crippen LogP contribution >= 0.6 is 23.4 Å². The van der Waals surface area contributed by atoms with Crippen LogP contribution in [-0.2, 0) is 12.3 Å². The van der Waals surface area contributed by atoms with Gasteiger partial charge in [-0.05, 0) is 31.0 Å². The molecule has 0 amide bonds. The summed E-state index contributed by atoms with van der Waals surface area (Å²) in [5, 5.41) is 10.4. The molecular weight excluding hydrogens is 330 g/mol. The van der Waals surface area contributed by atoms with E-state index < -0.39 is 0 Å². The number of hydrogen-bond acceptors (Lipinski definition) is 4. The maximum atomic E-state index is 6.23. The van der Waals surface area contributed by atoms with E-state index >= 15 is 0 Å². The zero-order valence-electron chi connectivity index (χ0n) is 13.1. The number of aryl methyl sites for hydroxylation is 1. The summed E-state index contributed by atoms with van der Waals surface area (Å²) in [5.41, 5.74) is 2.10. The first-order valence-electron chi connectivity index (χ1n) is 7.54. The second-order valence-corrected chi connectivity index (χ2v) is 6.58. The highest BCUT2D eigenvalue weighted by atomic mass is 35.5. The van der Waals surface area contributed by atoms with Crippen LogP contribution < -0.4 is 0 Å². The summed E-state index contributed by atoms with van der Waals surface area (Å²) in [4.78, 5) is 0. The van der Waals surface area contributed by atoms with E-state index in [9.17, 15) is 0 Å². The molecule has 120 valence electrons. The molecule has 0 saturated heterocycles. The van der Waals surface area contributed by atoms with Gasteiger partial charge < -0.3 is 8.98 Å². The van der Waals surface area contributed by atoms with Crippen molar-refractivity contribution < 1.29 is 4.42 Å². The van der Waals surface area contributed by atoms with Crippen molar-refractivity contribution in [3.05, 3.63) is 52.9 Å². The van der Waals surface area contributed by atoms with Crippen molar-refractivity contribution in [3.8, 4) is 11.4 Å². The SMILES string of the molecule is CCCn1c(SCc2ccccc2Cl)nnc1-c1ccoc1C. The van der Waals surface area contributed by atoms with E-state index in [1.54, 1.807) is 18.0 Å². The fraction of sp³-hybridized carbons (Fsp3) is 0.294. The Morgan fingerprint density at radius 1 is 1.22 bits per heavy atom. The smallest absolute Gasteiger partial charge is 0.191 e. The highest BCUT2D eigenvalue weighted by Crippen LogP contribution is 2.30. The van der Waals surface area contributed by atoms with Gasteiger partial charge in [-0.1, -0.05) is 48.5 Å². The minimum Gasteiger partial charge on any atom is -0.469 e. The molecule has 0 bridgehead atoms. The van der Waals surface area contributed by atoms with E-state index in [2.05, 4.69) is 21.7 Å². The summed E-state index contributed by atoms with van der Waals surface area (Å²) in [5.74, 6) is 2.49. The van der Waals surface area contributed by atoms with Crippen LogP contribution in [0.25, 0.3) is 11.4 Å². The fourth-order valence-corrected chi connectivity index (χ4v) is 3.64. The quantitative estimate of drug-likeness (QED) is 0.575. The van der Waals surface area contributed by atoms with Gasteiger partial charge in [-0.3, -0.25) is 0 Å². The third-order valence-corrected chi connectivity index (χ3v) is 4.96. The maximum absolute atomic E-state index is 6.23. The molecule has 1 aromatic carbocycles. The van der Waals surface area contributed by atoms with Crippen LogP contribution in [-0.4, -0.2) is 14.8 Å². The van der Waals surface area contributed by atoms with Crippen molar-refractivity contribution in [1.29, 1.82) is 0 Å². The Bertz CT molecular complexity index is 797. The molecule has 2 heterocycles. The van der Waals surface area contributed by atoms with Crippen LogP contribution in [0.5, 0.6) is 0 Å². The first-order valence-corrected chi connectivity index (χ1v) is 8.91. The normalized spacial score (nSPS) is 11.1. The van der Waals surface area contributed by atoms with Gasteiger partial charge in [0.15, 0.2) is 11.0 Å². The monoisotopic (exact) mass is 347 g/mol. The highest BCUT2D eigenvalue weighted by molar-refractivity contribution is 7.98. The second-order valence-electron chi connectivity index (χ2n) is 5.23. The number of thioether (sulfide) groups is 1. The number of hydrogen-bond donors (Lipinski definition) is 0. The first kappa shape index (κ1) is 16.1. The Kier molecular flexibility index (Phi) is 5.08. The van der Waals surface area contributed by atoms with Crippen LogP contribution in [0.1, 0.15) is 24.7 Å². The molecule has 0 aliphatic rings. The van der Waals surface area contributed by atoms with Crippen molar-refractivity contribution in [3.63, 3.8) is 0 Å². The van der Waals surface area contributed by atoms with Crippen LogP contribution in [0.3, 0.4) is 0 Å². The number of benzene rings is 1. The molecule has 2 aromatic heterocycles. The molecule has 0 atom stereocenters. The fourth-order valence-electron chi connectivity index (χ4n) is 2.39. The minimum absolute atomic E-state index is 0.770. The molecule has 0 unspecified atom stereocenters. The summed E-state index contributed by atoms with van der Waals surface area (Å²) < 4.78 is 7.55.